The molecule has 0 aliphatic heterocycles. The summed E-state index contributed by atoms with van der Waals surface area (Å²) in [5.74, 6) is -0.788. The Morgan fingerprint density at radius 1 is 0.391 bits per heavy atom. The van der Waals surface area contributed by atoms with Crippen LogP contribution < -0.4 is 65.6 Å². The Kier molecular flexibility index (Phi) is 31.7. The van der Waals surface area contributed by atoms with Gasteiger partial charge in [-0.05, 0) is 232 Å². The van der Waals surface area contributed by atoms with Crippen molar-refractivity contribution < 1.29 is 85.8 Å². The van der Waals surface area contributed by atoms with Gasteiger partial charge in [-0.2, -0.15) is 0 Å². The third-order valence-corrected chi connectivity index (χ3v) is 16.9. The second kappa shape index (κ2) is 41.6. The highest BCUT2D eigenvalue weighted by Crippen LogP contribution is 2.36. The Morgan fingerprint density at radius 2 is 0.800 bits per heavy atom. The van der Waals surface area contributed by atoms with E-state index in [2.05, 4.69) is 37.2 Å². The number of hydrogen-bond acceptors (Lipinski definition) is 18. The molecule has 9 aromatic carbocycles. The molecule has 9 rings (SSSR count). The summed E-state index contributed by atoms with van der Waals surface area (Å²) in [6.45, 7) is 24.7. The molecular formula is C90H103N7O18. The second-order valence-electron chi connectivity index (χ2n) is 29.8. The van der Waals surface area contributed by atoms with Crippen LogP contribution in [0.4, 0.5) is 43.7 Å². The standard InChI is InChI=1S/C46H43N3O9.C44H60N4O9/c1-46(2,3)58-45(53)49-36-20-17-33(24-39(36)54-4)42(50)47-37-21-18-34(25-40(37)56-27-29-11-7-6-8-12-29)43(51)48-38-22-19-35(44(52)55-5)26-41(38)57-28-30-15-16-31-13-9-10-14-32(31)23-30;1-11-30(7)56-39-24-31(40(50)45-22-14-12-13-15-29(6)49)16-20-35(39)47-41(51)32-17-19-34(37(23-32)54-26-27(2)3)46-42(52)33-18-21-36(38(25-33)55-28(4)5)48-43(53)57-44(8,9)10/h6-26H,27-28H2,1-5H3,(H,47,50)(H,48,51)(H,49,53);16-21,23-25,27-28,30H,11-15,22,26H2,1-10H3,(H,45,50)(H,46,52)(H,47,51)(H,48,53). The number of unbranched alkanes of at least 4 members (excludes halogenated alkanes) is 2. The van der Waals surface area contributed by atoms with Crippen molar-refractivity contribution in [1.29, 1.82) is 0 Å². The van der Waals surface area contributed by atoms with Gasteiger partial charge in [-0.1, -0.05) is 93.9 Å². The highest BCUT2D eigenvalue weighted by molar-refractivity contribution is 6.10. The summed E-state index contributed by atoms with van der Waals surface area (Å²) in [7, 11) is 2.71. The average molecular weight is 1570 g/mol. The van der Waals surface area contributed by atoms with Crippen molar-refractivity contribution in [3.05, 3.63) is 226 Å². The minimum atomic E-state index is -0.707. The molecule has 0 bridgehead atoms. The minimum Gasteiger partial charge on any atom is -0.495 e. The summed E-state index contributed by atoms with van der Waals surface area (Å²) in [6.07, 6.45) is 1.85. The number of anilines is 6. The van der Waals surface area contributed by atoms with E-state index in [1.165, 1.54) is 56.7 Å². The fourth-order valence-electron chi connectivity index (χ4n) is 11.0. The molecule has 0 heterocycles. The summed E-state index contributed by atoms with van der Waals surface area (Å²) < 4.78 is 51.6. The molecule has 7 N–H and O–H groups in total. The Morgan fingerprint density at radius 3 is 1.26 bits per heavy atom. The van der Waals surface area contributed by atoms with Gasteiger partial charge in [0.2, 0.25) is 0 Å². The molecule has 606 valence electrons. The number of rotatable bonds is 33. The third-order valence-electron chi connectivity index (χ3n) is 16.9. The molecule has 0 fully saturated rings. The number of esters is 1. The van der Waals surface area contributed by atoms with Gasteiger partial charge in [0.05, 0.1) is 72.7 Å². The maximum Gasteiger partial charge on any atom is 0.412 e. The normalized spacial score (nSPS) is 11.3. The van der Waals surface area contributed by atoms with Gasteiger partial charge in [0.1, 0.15) is 64.7 Å². The highest BCUT2D eigenvalue weighted by Gasteiger charge is 2.25. The van der Waals surface area contributed by atoms with Crippen LogP contribution in [0.3, 0.4) is 0 Å². The van der Waals surface area contributed by atoms with Crippen LogP contribution in [0, 0.1) is 5.92 Å². The molecule has 0 aromatic heterocycles. The first-order chi connectivity index (χ1) is 54.7. The number of amides is 7. The van der Waals surface area contributed by atoms with Gasteiger partial charge in [-0.15, -0.1) is 0 Å². The number of carbonyl (C=O) groups is 9. The first-order valence-electron chi connectivity index (χ1n) is 38.0. The lowest BCUT2D eigenvalue weighted by molar-refractivity contribution is -0.117. The lowest BCUT2D eigenvalue weighted by Gasteiger charge is -2.21. The number of Topliss-reactive ketones (excluding diaryl/α,β-unsaturated/α-hetero) is 1. The summed E-state index contributed by atoms with van der Waals surface area (Å²) in [5, 5.41) is 21.9. The zero-order valence-corrected chi connectivity index (χ0v) is 67.8. The average Bonchev–Trinajstić information content (AvgIpc) is 0.821. The fraction of sp³-hybridized carbons (Fsp3) is 0.322. The van der Waals surface area contributed by atoms with Gasteiger partial charge in [-0.3, -0.25) is 34.6 Å². The number of benzene rings is 9. The molecule has 0 aliphatic carbocycles. The predicted molar refractivity (Wildman–Crippen MR) is 445 cm³/mol. The Balaban J connectivity index is 0.000000288. The quantitative estimate of drug-likeness (QED) is 0.0114. The maximum absolute atomic E-state index is 13.8. The van der Waals surface area contributed by atoms with Crippen molar-refractivity contribution in [2.75, 3.05) is 59.3 Å². The Hall–Kier alpha value is -12.9. The molecule has 9 aromatic rings. The van der Waals surface area contributed by atoms with Crippen LogP contribution in [-0.4, -0.2) is 104 Å². The van der Waals surface area contributed by atoms with Crippen LogP contribution in [0.25, 0.3) is 10.8 Å². The highest BCUT2D eigenvalue weighted by atomic mass is 16.6. The van der Waals surface area contributed by atoms with Crippen molar-refractivity contribution in [3.63, 3.8) is 0 Å². The number of hydrogen-bond donors (Lipinski definition) is 7. The van der Waals surface area contributed by atoms with Crippen LogP contribution in [0.2, 0.25) is 0 Å². The number of ether oxygens (including phenoxy) is 9. The number of fused-ring (bicyclic) bond motifs is 1. The van der Waals surface area contributed by atoms with E-state index < -0.39 is 53.0 Å². The summed E-state index contributed by atoms with van der Waals surface area (Å²) in [5.41, 5.74) is 3.96. The third kappa shape index (κ3) is 27.7. The van der Waals surface area contributed by atoms with Crippen LogP contribution >= 0.6 is 0 Å². The maximum atomic E-state index is 13.8. The monoisotopic (exact) mass is 1570 g/mol. The molecule has 7 amide bonds. The largest absolute Gasteiger partial charge is 0.495 e. The number of ketones is 1. The van der Waals surface area contributed by atoms with Gasteiger partial charge in [0, 0.05) is 40.8 Å². The molecule has 25 nitrogen and oxygen atoms in total. The van der Waals surface area contributed by atoms with Crippen LogP contribution in [0.15, 0.2) is 182 Å². The molecule has 115 heavy (non-hydrogen) atoms. The molecule has 1 unspecified atom stereocenters. The van der Waals surface area contributed by atoms with Crippen molar-refractivity contribution >= 4 is 98.4 Å². The Bertz CT molecular complexity index is 4930. The first-order valence-corrected chi connectivity index (χ1v) is 38.0. The molecule has 0 saturated heterocycles. The molecule has 0 spiro atoms. The van der Waals surface area contributed by atoms with E-state index in [0.29, 0.717) is 71.4 Å². The number of methoxy groups -OCH3 is 2. The van der Waals surface area contributed by atoms with Crippen molar-refractivity contribution in [1.82, 2.24) is 5.32 Å². The molecule has 0 saturated carbocycles. The topological polar surface area (TPSA) is 321 Å². The summed E-state index contributed by atoms with van der Waals surface area (Å²) in [6, 6.07) is 51.5. The van der Waals surface area contributed by atoms with Crippen LogP contribution in [0.1, 0.15) is 195 Å². The molecule has 1 atom stereocenters. The van der Waals surface area contributed by atoms with Crippen molar-refractivity contribution in [3.8, 4) is 34.5 Å². The molecule has 0 aliphatic rings. The Labute approximate surface area is 671 Å². The van der Waals surface area contributed by atoms with Crippen molar-refractivity contribution in [2.45, 2.75) is 159 Å². The molecule has 0 radical (unpaired) electrons. The van der Waals surface area contributed by atoms with Gasteiger partial charge in [0.25, 0.3) is 29.5 Å². The van der Waals surface area contributed by atoms with E-state index in [9.17, 15) is 43.2 Å². The smallest absolute Gasteiger partial charge is 0.412 e. The van der Waals surface area contributed by atoms with E-state index in [1.54, 1.807) is 115 Å². The molecule has 25 heteroatoms. The van der Waals surface area contributed by atoms with Gasteiger partial charge in [-0.25, -0.2) is 14.4 Å². The van der Waals surface area contributed by atoms with Gasteiger partial charge >= 0.3 is 18.2 Å². The number of carbonyl (C=O) groups excluding carboxylic acids is 9. The molecular weight excluding hydrogens is 1470 g/mol. The fourth-order valence-corrected chi connectivity index (χ4v) is 11.0. The summed E-state index contributed by atoms with van der Waals surface area (Å²) in [4.78, 5) is 116. The lowest BCUT2D eigenvalue weighted by atomic mass is 10.1. The SMILES string of the molecule is CCC(C)Oc1cc(C(=O)NCCCCCC(C)=O)ccc1NC(=O)c1ccc(NC(=O)c2ccc(NC(=O)OC(C)(C)C)c(OC(C)C)c2)c(OCC(C)C)c1.COC(=O)c1ccc(NC(=O)c2ccc(NC(=O)c3ccc(NC(=O)OC(C)(C)C)c(OC)c3)c(OCc3ccccc3)c2)c(OCc2ccc3ccccc3c2)c1. The van der Waals surface area contributed by atoms with E-state index in [0.717, 1.165) is 41.2 Å². The minimum absolute atomic E-state index is 0.148. The van der Waals surface area contributed by atoms with Gasteiger partial charge < -0.3 is 74.0 Å². The summed E-state index contributed by atoms with van der Waals surface area (Å²) >= 11 is 0. The lowest BCUT2D eigenvalue weighted by Crippen LogP contribution is -2.27. The van der Waals surface area contributed by atoms with E-state index in [1.807, 2.05) is 114 Å². The van der Waals surface area contributed by atoms with E-state index in [-0.39, 0.29) is 99.6 Å². The zero-order chi connectivity index (χ0) is 83.5. The van der Waals surface area contributed by atoms with Crippen LogP contribution in [-0.2, 0) is 32.2 Å². The van der Waals surface area contributed by atoms with Crippen LogP contribution in [0.5, 0.6) is 34.5 Å². The second-order valence-corrected chi connectivity index (χ2v) is 29.8. The van der Waals surface area contributed by atoms with Crippen molar-refractivity contribution in [2.24, 2.45) is 5.92 Å². The predicted octanol–water partition coefficient (Wildman–Crippen LogP) is 19.1. The first kappa shape index (κ1) is 87.6. The zero-order valence-electron chi connectivity index (χ0n) is 67.8. The number of nitrogens with one attached hydrogen (secondary N) is 7. The van der Waals surface area contributed by atoms with E-state index in [4.69, 9.17) is 42.6 Å². The van der Waals surface area contributed by atoms with E-state index >= 15 is 0 Å². The van der Waals surface area contributed by atoms with Gasteiger partial charge in [0.15, 0.2) is 0 Å².